The number of morpholine rings is 1. The maximum absolute atomic E-state index is 12.9. The summed E-state index contributed by atoms with van der Waals surface area (Å²) in [4.78, 5) is 29.0. The Kier molecular flexibility index (Phi) is 5.41. The molecule has 146 valence electrons. The number of nitrogens with one attached hydrogen (secondary N) is 1. The standard InChI is InChI=1S/C22H25N3O3/c1-16(26)25-20-5-3-2-4-18(20)14-21(25)22(27)23-19-8-6-17(7-9-19)15-24-10-12-28-13-11-24/h2-9,21H,10-15H2,1H3,(H,23,27)/t21-/m1/s1. The minimum atomic E-state index is -0.511. The van der Waals surface area contributed by atoms with Crippen LogP contribution in [0.3, 0.4) is 0 Å². The minimum absolute atomic E-state index is 0.119. The van der Waals surface area contributed by atoms with Crippen LogP contribution >= 0.6 is 0 Å². The van der Waals surface area contributed by atoms with Crippen molar-refractivity contribution in [1.29, 1.82) is 0 Å². The number of ether oxygens (including phenoxy) is 1. The quantitative estimate of drug-likeness (QED) is 0.886. The lowest BCUT2D eigenvalue weighted by molar-refractivity contribution is -0.122. The Morgan fingerprint density at radius 2 is 1.79 bits per heavy atom. The van der Waals surface area contributed by atoms with Crippen molar-refractivity contribution >= 4 is 23.2 Å². The number of rotatable bonds is 4. The summed E-state index contributed by atoms with van der Waals surface area (Å²) in [7, 11) is 0. The molecule has 1 fully saturated rings. The maximum atomic E-state index is 12.9. The van der Waals surface area contributed by atoms with Crippen molar-refractivity contribution in [3.63, 3.8) is 0 Å². The third kappa shape index (κ3) is 3.93. The first-order valence-corrected chi connectivity index (χ1v) is 9.69. The van der Waals surface area contributed by atoms with Gasteiger partial charge in [-0.05, 0) is 29.3 Å². The molecule has 6 nitrogen and oxygen atoms in total. The van der Waals surface area contributed by atoms with Gasteiger partial charge in [-0.2, -0.15) is 0 Å². The Morgan fingerprint density at radius 1 is 1.07 bits per heavy atom. The number of amides is 2. The Balaban J connectivity index is 1.41. The third-order valence-corrected chi connectivity index (χ3v) is 5.35. The van der Waals surface area contributed by atoms with Gasteiger partial charge in [0.05, 0.1) is 13.2 Å². The van der Waals surface area contributed by atoms with E-state index in [9.17, 15) is 9.59 Å². The average molecular weight is 379 g/mol. The Morgan fingerprint density at radius 3 is 2.50 bits per heavy atom. The second kappa shape index (κ2) is 8.12. The van der Waals surface area contributed by atoms with Gasteiger partial charge in [-0.25, -0.2) is 0 Å². The van der Waals surface area contributed by atoms with Crippen molar-refractivity contribution in [2.24, 2.45) is 0 Å². The second-order valence-electron chi connectivity index (χ2n) is 7.31. The number of anilines is 2. The van der Waals surface area contributed by atoms with Gasteiger partial charge < -0.3 is 10.1 Å². The molecule has 0 aromatic heterocycles. The topological polar surface area (TPSA) is 61.9 Å². The fourth-order valence-electron chi connectivity index (χ4n) is 3.92. The zero-order valence-electron chi connectivity index (χ0n) is 16.1. The van der Waals surface area contributed by atoms with E-state index in [0.29, 0.717) is 6.42 Å². The Hall–Kier alpha value is -2.70. The van der Waals surface area contributed by atoms with E-state index in [1.807, 2.05) is 48.5 Å². The predicted octanol–water partition coefficient (Wildman–Crippen LogP) is 2.44. The van der Waals surface area contributed by atoms with E-state index in [1.165, 1.54) is 12.5 Å². The van der Waals surface area contributed by atoms with Crippen LogP contribution in [0.15, 0.2) is 48.5 Å². The Bertz CT molecular complexity index is 860. The van der Waals surface area contributed by atoms with Crippen LogP contribution in [-0.4, -0.2) is 49.1 Å². The molecule has 0 bridgehead atoms. The van der Waals surface area contributed by atoms with Crippen molar-refractivity contribution in [3.05, 3.63) is 59.7 Å². The van der Waals surface area contributed by atoms with Gasteiger partial charge in [0.2, 0.25) is 11.8 Å². The first-order valence-electron chi connectivity index (χ1n) is 9.69. The third-order valence-electron chi connectivity index (χ3n) is 5.35. The van der Waals surface area contributed by atoms with E-state index in [2.05, 4.69) is 10.2 Å². The minimum Gasteiger partial charge on any atom is -0.379 e. The zero-order chi connectivity index (χ0) is 19.5. The number of carbonyl (C=O) groups excluding carboxylic acids is 2. The lowest BCUT2D eigenvalue weighted by Gasteiger charge is -2.26. The average Bonchev–Trinajstić information content (AvgIpc) is 3.10. The molecule has 1 N–H and O–H groups in total. The van der Waals surface area contributed by atoms with E-state index in [4.69, 9.17) is 4.74 Å². The Labute approximate surface area is 165 Å². The molecule has 2 heterocycles. The van der Waals surface area contributed by atoms with Gasteiger partial charge >= 0.3 is 0 Å². The summed E-state index contributed by atoms with van der Waals surface area (Å²) in [5.74, 6) is -0.279. The normalized spacial score (nSPS) is 19.3. The number of nitrogens with zero attached hydrogens (tertiary/aromatic N) is 2. The predicted molar refractivity (Wildman–Crippen MR) is 108 cm³/mol. The molecule has 0 unspecified atom stereocenters. The summed E-state index contributed by atoms with van der Waals surface area (Å²) >= 11 is 0. The number of hydrogen-bond acceptors (Lipinski definition) is 4. The molecule has 0 saturated carbocycles. The number of benzene rings is 2. The van der Waals surface area contributed by atoms with Crippen molar-refractivity contribution in [2.45, 2.75) is 25.9 Å². The van der Waals surface area contributed by atoms with Crippen LogP contribution in [0.1, 0.15) is 18.1 Å². The molecule has 1 saturated heterocycles. The lowest BCUT2D eigenvalue weighted by atomic mass is 10.1. The first kappa shape index (κ1) is 18.7. The maximum Gasteiger partial charge on any atom is 0.247 e. The largest absolute Gasteiger partial charge is 0.379 e. The molecule has 1 atom stereocenters. The highest BCUT2D eigenvalue weighted by molar-refractivity contribution is 6.06. The van der Waals surface area contributed by atoms with E-state index < -0.39 is 6.04 Å². The zero-order valence-corrected chi connectivity index (χ0v) is 16.1. The molecule has 0 aliphatic carbocycles. The smallest absolute Gasteiger partial charge is 0.247 e. The summed E-state index contributed by atoms with van der Waals surface area (Å²) in [5.41, 5.74) is 3.81. The van der Waals surface area contributed by atoms with Crippen LogP contribution in [0.25, 0.3) is 0 Å². The van der Waals surface area contributed by atoms with Crippen LogP contribution in [0.5, 0.6) is 0 Å². The fraction of sp³-hybridized carbons (Fsp3) is 0.364. The van der Waals surface area contributed by atoms with Crippen molar-refractivity contribution < 1.29 is 14.3 Å². The summed E-state index contributed by atoms with van der Waals surface area (Å²) in [6.07, 6.45) is 0.538. The number of carbonyl (C=O) groups is 2. The summed E-state index contributed by atoms with van der Waals surface area (Å²) in [5, 5.41) is 2.97. The van der Waals surface area contributed by atoms with Gasteiger partial charge in [-0.1, -0.05) is 30.3 Å². The van der Waals surface area contributed by atoms with Crippen LogP contribution in [0.2, 0.25) is 0 Å². The molecule has 6 heteroatoms. The van der Waals surface area contributed by atoms with Gasteiger partial charge in [0.25, 0.3) is 0 Å². The highest BCUT2D eigenvalue weighted by Crippen LogP contribution is 2.32. The van der Waals surface area contributed by atoms with Crippen LogP contribution in [-0.2, 0) is 27.3 Å². The number of hydrogen-bond donors (Lipinski definition) is 1. The van der Waals surface area contributed by atoms with Gasteiger partial charge in [-0.3, -0.25) is 19.4 Å². The van der Waals surface area contributed by atoms with Crippen molar-refractivity contribution in [1.82, 2.24) is 4.90 Å². The molecule has 0 radical (unpaired) electrons. The van der Waals surface area contributed by atoms with Crippen LogP contribution in [0, 0.1) is 0 Å². The van der Waals surface area contributed by atoms with Crippen LogP contribution < -0.4 is 10.2 Å². The fourth-order valence-corrected chi connectivity index (χ4v) is 3.92. The molecule has 2 amide bonds. The first-order chi connectivity index (χ1) is 13.6. The summed E-state index contributed by atoms with van der Waals surface area (Å²) in [6.45, 7) is 5.84. The molecule has 4 rings (SSSR count). The van der Waals surface area contributed by atoms with Gasteiger partial charge in [0, 0.05) is 44.4 Å². The van der Waals surface area contributed by atoms with Gasteiger partial charge in [0.15, 0.2) is 0 Å². The molecule has 2 aliphatic heterocycles. The highest BCUT2D eigenvalue weighted by atomic mass is 16.5. The van der Waals surface area contributed by atoms with Crippen molar-refractivity contribution in [3.8, 4) is 0 Å². The molecule has 2 aromatic carbocycles. The van der Waals surface area contributed by atoms with E-state index in [0.717, 1.165) is 49.8 Å². The second-order valence-corrected chi connectivity index (χ2v) is 7.31. The molecule has 0 spiro atoms. The number of fused-ring (bicyclic) bond motifs is 1. The van der Waals surface area contributed by atoms with Crippen LogP contribution in [0.4, 0.5) is 11.4 Å². The molecule has 2 aromatic rings. The SMILES string of the molecule is CC(=O)N1c2ccccc2C[C@@H]1C(=O)Nc1ccc(CN2CCOCC2)cc1. The van der Waals surface area contributed by atoms with Crippen molar-refractivity contribution in [2.75, 3.05) is 36.5 Å². The molecular weight excluding hydrogens is 354 g/mol. The molecule has 2 aliphatic rings. The van der Waals surface area contributed by atoms with E-state index >= 15 is 0 Å². The van der Waals surface area contributed by atoms with E-state index in [-0.39, 0.29) is 11.8 Å². The number of para-hydroxylation sites is 1. The summed E-state index contributed by atoms with van der Waals surface area (Å²) in [6, 6.07) is 15.1. The van der Waals surface area contributed by atoms with Gasteiger partial charge in [-0.15, -0.1) is 0 Å². The highest BCUT2D eigenvalue weighted by Gasteiger charge is 2.36. The molecular formula is C22H25N3O3. The lowest BCUT2D eigenvalue weighted by Crippen LogP contribution is -2.44. The monoisotopic (exact) mass is 379 g/mol. The van der Waals surface area contributed by atoms with Gasteiger partial charge in [0.1, 0.15) is 6.04 Å². The summed E-state index contributed by atoms with van der Waals surface area (Å²) < 4.78 is 5.38. The molecule has 28 heavy (non-hydrogen) atoms. The van der Waals surface area contributed by atoms with E-state index in [1.54, 1.807) is 4.90 Å².